The highest BCUT2D eigenvalue weighted by Crippen LogP contribution is 2.34. The van der Waals surface area contributed by atoms with Gasteiger partial charge in [-0.05, 0) is 151 Å². The third-order valence-electron chi connectivity index (χ3n) is 14.6. The van der Waals surface area contributed by atoms with Gasteiger partial charge in [0.15, 0.2) is 0 Å². The van der Waals surface area contributed by atoms with Crippen molar-refractivity contribution in [2.75, 3.05) is 51.4 Å². The molecule has 4 N–H and O–H groups in total. The lowest BCUT2D eigenvalue weighted by atomic mass is 9.88. The second-order valence-electron chi connectivity index (χ2n) is 19.7. The van der Waals surface area contributed by atoms with Gasteiger partial charge in [0.1, 0.15) is 12.5 Å². The third kappa shape index (κ3) is 16.4. The second kappa shape index (κ2) is 28.8. The van der Waals surface area contributed by atoms with Crippen molar-refractivity contribution in [1.82, 2.24) is 35.7 Å². The normalized spacial score (nSPS) is 23.7. The number of allylic oxidation sites excluding steroid dienone is 7. The van der Waals surface area contributed by atoms with Crippen LogP contribution in [0.2, 0.25) is 0 Å². The molecule has 5 aliphatic heterocycles. The number of aromatic nitrogens is 2. The SMILES string of the molecule is C/C1=C(c2ccc3cnc(Nc4ccc(C5CCN(C6CCN(C7=CC=C(C8CCC(=O)NC8=O)CC=C7)CC6)CC5)cc4)nc3c2)/C=N\COCCN[C@H]1C.C=C/C(=C\C)C1CCC(=O)NC1=O.CC.CC(C)=O. The predicted molar refractivity (Wildman–Crippen MR) is 300 cm³/mol. The van der Waals surface area contributed by atoms with Crippen LogP contribution in [0.1, 0.15) is 123 Å². The first-order valence-corrected chi connectivity index (χ1v) is 27.0. The first-order chi connectivity index (χ1) is 36.3. The Morgan fingerprint density at radius 1 is 0.880 bits per heavy atom. The summed E-state index contributed by atoms with van der Waals surface area (Å²) in [6, 6.07) is 16.0. The Kier molecular flexibility index (Phi) is 22.1. The summed E-state index contributed by atoms with van der Waals surface area (Å²) in [5.41, 5.74) is 9.87. The third-order valence-corrected chi connectivity index (χ3v) is 14.6. The van der Waals surface area contributed by atoms with Gasteiger partial charge in [-0.25, -0.2) is 9.97 Å². The van der Waals surface area contributed by atoms with Gasteiger partial charge in [-0.15, -0.1) is 0 Å². The van der Waals surface area contributed by atoms with Crippen molar-refractivity contribution in [1.29, 1.82) is 0 Å². The lowest BCUT2D eigenvalue weighted by Gasteiger charge is -2.42. The molecule has 0 saturated carbocycles. The molecule has 4 saturated heterocycles. The maximum absolute atomic E-state index is 12.4. The minimum atomic E-state index is -0.204. The lowest BCUT2D eigenvalue weighted by Crippen LogP contribution is -2.47. The molecule has 6 heterocycles. The van der Waals surface area contributed by atoms with Crippen LogP contribution in [0.5, 0.6) is 0 Å². The number of amides is 4. The number of anilines is 2. The van der Waals surface area contributed by atoms with Crippen LogP contribution in [0, 0.1) is 11.8 Å². The van der Waals surface area contributed by atoms with Crippen molar-refractivity contribution < 1.29 is 28.7 Å². The summed E-state index contributed by atoms with van der Waals surface area (Å²) in [6.45, 7) is 23.0. The molecule has 15 heteroatoms. The molecular formula is C60H79N9O6. The molecule has 1 aromatic heterocycles. The quantitative estimate of drug-likeness (QED) is 0.118. The highest BCUT2D eigenvalue weighted by atomic mass is 16.5. The number of nitrogens with one attached hydrogen (secondary N) is 4. The standard InChI is InChI=1S/C45H54N8O3.C10H13NO2.C3H6O.C2H6/c1-30-31(2)47-20-25-56-29-46-28-41(30)35-6-7-36-27-48-45(50-42(36)26-35)49-37-11-8-32(9-12-37)33-16-21-52(22-17-33)39-18-23-53(24-19-39)38-5-3-4-34(10-13-38)40-14-15-43(54)51-44(40)55;1-3-7(4-2)8-5-6-9(12)11-10(8)13;1-3(2)4;1-2/h3,5-13,26-28,31,33,39-40,47H,4,14-25,29H2,1-2H3,(H,48,49,50)(H,51,54,55);3-4,8H,1,5-6H2,2H3,(H,11,12,13);1-2H3;1-2H3/b41-30+,46-28-;7-4+;;/t31-,40?;;;/m0.../s1. The molecule has 0 radical (unpaired) electrons. The van der Waals surface area contributed by atoms with Crippen LogP contribution in [0.25, 0.3) is 16.5 Å². The number of ketones is 1. The van der Waals surface area contributed by atoms with E-state index in [1.807, 2.05) is 39.3 Å². The van der Waals surface area contributed by atoms with Gasteiger partial charge in [0.25, 0.3) is 0 Å². The number of imide groups is 2. The Morgan fingerprint density at radius 3 is 2.24 bits per heavy atom. The first kappa shape index (κ1) is 57.6. The monoisotopic (exact) mass is 1020 g/mol. The van der Waals surface area contributed by atoms with Crippen LogP contribution in [0.15, 0.2) is 119 Å². The fraction of sp³-hybridized carbons (Fsp3) is 0.467. The smallest absolute Gasteiger partial charge is 0.234 e. The number of benzene rings is 2. The molecule has 3 atom stereocenters. The van der Waals surface area contributed by atoms with Crippen molar-refractivity contribution in [3.05, 3.63) is 125 Å². The Labute approximate surface area is 444 Å². The van der Waals surface area contributed by atoms with E-state index in [-0.39, 0.29) is 47.3 Å². The fourth-order valence-corrected chi connectivity index (χ4v) is 10.3. The largest absolute Gasteiger partial charge is 0.371 e. The molecule has 4 amide bonds. The van der Waals surface area contributed by atoms with E-state index in [1.165, 1.54) is 43.5 Å². The van der Waals surface area contributed by atoms with Crippen molar-refractivity contribution in [3.8, 4) is 0 Å². The van der Waals surface area contributed by atoms with Gasteiger partial charge in [-0.3, -0.25) is 34.8 Å². The number of rotatable bonds is 9. The molecule has 4 fully saturated rings. The average molecular weight is 1020 g/mol. The van der Waals surface area contributed by atoms with E-state index in [0.29, 0.717) is 56.9 Å². The van der Waals surface area contributed by atoms with E-state index in [0.717, 1.165) is 90.9 Å². The molecular weight excluding hydrogens is 943 g/mol. The molecule has 3 aromatic rings. The van der Waals surface area contributed by atoms with Crippen molar-refractivity contribution >= 4 is 63.7 Å². The summed E-state index contributed by atoms with van der Waals surface area (Å²) in [5.74, 6) is 0.212. The number of fused-ring (bicyclic) bond motifs is 1. The summed E-state index contributed by atoms with van der Waals surface area (Å²) < 4.78 is 5.60. The number of carbonyl (C=O) groups excluding carboxylic acids is 5. The Hall–Kier alpha value is -6.68. The van der Waals surface area contributed by atoms with Crippen LogP contribution in [0.3, 0.4) is 0 Å². The molecule has 9 rings (SSSR count). The number of nitrogens with zero attached hydrogens (tertiary/aromatic N) is 5. The molecule has 2 aromatic carbocycles. The number of carbonyl (C=O) groups is 5. The zero-order valence-electron chi connectivity index (χ0n) is 45.3. The molecule has 0 bridgehead atoms. The molecule has 15 nitrogen and oxygen atoms in total. The zero-order chi connectivity index (χ0) is 53.9. The average Bonchev–Trinajstić information content (AvgIpc) is 3.67. The van der Waals surface area contributed by atoms with E-state index in [2.05, 4.69) is 128 Å². The zero-order valence-corrected chi connectivity index (χ0v) is 45.3. The van der Waals surface area contributed by atoms with Crippen LogP contribution in [-0.2, 0) is 28.7 Å². The van der Waals surface area contributed by atoms with Crippen LogP contribution in [-0.4, -0.2) is 114 Å². The van der Waals surface area contributed by atoms with Gasteiger partial charge in [0.05, 0.1) is 24.0 Å². The molecule has 400 valence electrons. The maximum atomic E-state index is 12.4. The highest BCUT2D eigenvalue weighted by molar-refractivity contribution is 6.12. The number of likely N-dealkylation sites (tertiary alicyclic amines) is 2. The number of Topliss-reactive ketones (excluding diaryl/α,β-unsaturated/α-hetero) is 1. The van der Waals surface area contributed by atoms with Gasteiger partial charge >= 0.3 is 0 Å². The summed E-state index contributed by atoms with van der Waals surface area (Å²) in [4.78, 5) is 74.9. The molecule has 2 unspecified atom stereocenters. The van der Waals surface area contributed by atoms with E-state index < -0.39 is 0 Å². The van der Waals surface area contributed by atoms with E-state index in [4.69, 9.17) is 9.72 Å². The highest BCUT2D eigenvalue weighted by Gasteiger charge is 2.32. The minimum Gasteiger partial charge on any atom is -0.371 e. The predicted octanol–water partition coefficient (Wildman–Crippen LogP) is 9.44. The first-order valence-electron chi connectivity index (χ1n) is 27.0. The van der Waals surface area contributed by atoms with Crippen molar-refractivity contribution in [2.45, 2.75) is 124 Å². The van der Waals surface area contributed by atoms with E-state index >= 15 is 0 Å². The summed E-state index contributed by atoms with van der Waals surface area (Å²) >= 11 is 0. The number of piperidine rings is 4. The molecule has 0 spiro atoms. The molecule has 75 heavy (non-hydrogen) atoms. The Balaban J connectivity index is 0.000000409. The lowest BCUT2D eigenvalue weighted by molar-refractivity contribution is -0.137. The minimum absolute atomic E-state index is 0.154. The number of hydrogen-bond donors (Lipinski definition) is 4. The van der Waals surface area contributed by atoms with Crippen LogP contribution < -0.4 is 21.3 Å². The van der Waals surface area contributed by atoms with E-state index in [1.54, 1.807) is 6.08 Å². The van der Waals surface area contributed by atoms with Gasteiger partial charge in [0.2, 0.25) is 29.6 Å². The Morgan fingerprint density at radius 2 is 1.57 bits per heavy atom. The fourth-order valence-electron chi connectivity index (χ4n) is 10.3. The van der Waals surface area contributed by atoms with Crippen molar-refractivity contribution in [3.63, 3.8) is 0 Å². The van der Waals surface area contributed by atoms with Gasteiger partial charge in [-0.2, -0.15) is 0 Å². The van der Waals surface area contributed by atoms with Gasteiger partial charge < -0.3 is 30.0 Å². The number of aliphatic imine (C=N–C) groups is 1. The van der Waals surface area contributed by atoms with Crippen molar-refractivity contribution in [2.24, 2.45) is 16.8 Å². The van der Waals surface area contributed by atoms with Crippen LogP contribution in [0.4, 0.5) is 11.6 Å². The Bertz CT molecular complexity index is 2680. The summed E-state index contributed by atoms with van der Waals surface area (Å²) in [6.07, 6.45) is 23.4. The molecule has 1 aliphatic carbocycles. The second-order valence-corrected chi connectivity index (χ2v) is 19.7. The van der Waals surface area contributed by atoms with E-state index in [9.17, 15) is 24.0 Å². The molecule has 6 aliphatic rings. The number of ether oxygens (including phenoxy) is 1. The number of hydrogen-bond acceptors (Lipinski definition) is 13. The summed E-state index contributed by atoms with van der Waals surface area (Å²) in [7, 11) is 0. The maximum Gasteiger partial charge on any atom is 0.234 e. The van der Waals surface area contributed by atoms with Gasteiger partial charge in [0, 0.05) is 79.3 Å². The van der Waals surface area contributed by atoms with Crippen LogP contribution >= 0.6 is 0 Å². The topological polar surface area (TPSA) is 187 Å². The summed E-state index contributed by atoms with van der Waals surface area (Å²) in [5, 5.41) is 12.8. The van der Waals surface area contributed by atoms with Gasteiger partial charge in [-0.1, -0.05) is 74.6 Å².